The Morgan fingerprint density at radius 2 is 1.80 bits per heavy atom. The van der Waals surface area contributed by atoms with Crippen molar-refractivity contribution in [2.24, 2.45) is 0 Å². The number of carbonyl (C=O) groups is 1. The van der Waals surface area contributed by atoms with Crippen molar-refractivity contribution in [2.75, 3.05) is 30.7 Å². The first kappa shape index (κ1) is 24.6. The Morgan fingerprint density at radius 1 is 1.06 bits per heavy atom. The Labute approximate surface area is 208 Å². The summed E-state index contributed by atoms with van der Waals surface area (Å²) in [5.74, 6) is -0.0724. The molecule has 182 valence electrons. The van der Waals surface area contributed by atoms with Gasteiger partial charge in [0.1, 0.15) is 5.82 Å². The summed E-state index contributed by atoms with van der Waals surface area (Å²) in [6, 6.07) is 15.9. The maximum Gasteiger partial charge on any atom is 0.234 e. The van der Waals surface area contributed by atoms with Crippen molar-refractivity contribution >= 4 is 23.4 Å². The van der Waals surface area contributed by atoms with Crippen LogP contribution in [0.25, 0.3) is 17.1 Å². The standard InChI is InChI=1S/C25H28FN7OS/c1-3-31(4-2)14-15-32-17-19(16-27-32)28-23(34)18-35-25-30-29-24(21-12-8-9-13-22(21)26)33(25)20-10-6-5-7-11-20/h5-13,16-17H,3-4,14-15,18H2,1-2H3,(H,28,34). The van der Waals surface area contributed by atoms with E-state index in [4.69, 9.17) is 0 Å². The Bertz CT molecular complexity index is 1250. The van der Waals surface area contributed by atoms with E-state index < -0.39 is 0 Å². The van der Waals surface area contributed by atoms with Gasteiger partial charge in [0.2, 0.25) is 5.91 Å². The number of anilines is 1. The van der Waals surface area contributed by atoms with Crippen molar-refractivity contribution in [3.8, 4) is 17.1 Å². The van der Waals surface area contributed by atoms with Crippen molar-refractivity contribution in [2.45, 2.75) is 25.5 Å². The van der Waals surface area contributed by atoms with Crippen LogP contribution in [0.1, 0.15) is 13.8 Å². The van der Waals surface area contributed by atoms with E-state index in [9.17, 15) is 9.18 Å². The normalized spacial score (nSPS) is 11.2. The highest BCUT2D eigenvalue weighted by Gasteiger charge is 2.19. The molecule has 0 aliphatic rings. The van der Waals surface area contributed by atoms with Gasteiger partial charge in [-0.05, 0) is 37.4 Å². The number of thioether (sulfide) groups is 1. The summed E-state index contributed by atoms with van der Waals surface area (Å²) in [5, 5.41) is 16.2. The summed E-state index contributed by atoms with van der Waals surface area (Å²) in [4.78, 5) is 15.0. The van der Waals surface area contributed by atoms with Crippen molar-refractivity contribution < 1.29 is 9.18 Å². The number of halogens is 1. The lowest BCUT2D eigenvalue weighted by Crippen LogP contribution is -2.27. The largest absolute Gasteiger partial charge is 0.323 e. The molecule has 0 saturated carbocycles. The minimum atomic E-state index is -0.385. The van der Waals surface area contributed by atoms with Gasteiger partial charge in [0.25, 0.3) is 0 Å². The van der Waals surface area contributed by atoms with Crippen LogP contribution in [0.4, 0.5) is 10.1 Å². The third-order valence-electron chi connectivity index (χ3n) is 5.55. The molecule has 1 N–H and O–H groups in total. The summed E-state index contributed by atoms with van der Waals surface area (Å²) in [5.41, 5.74) is 1.78. The molecule has 0 fully saturated rings. The molecule has 0 saturated heterocycles. The second-order valence-corrected chi connectivity index (χ2v) is 8.76. The van der Waals surface area contributed by atoms with Crippen LogP contribution in [0, 0.1) is 5.82 Å². The van der Waals surface area contributed by atoms with E-state index >= 15 is 0 Å². The molecule has 0 radical (unpaired) electrons. The van der Waals surface area contributed by atoms with E-state index in [1.807, 2.05) is 41.2 Å². The first-order valence-electron chi connectivity index (χ1n) is 11.5. The Kier molecular flexibility index (Phi) is 8.27. The molecule has 0 aliphatic carbocycles. The predicted molar refractivity (Wildman–Crippen MR) is 136 cm³/mol. The molecule has 8 nitrogen and oxygen atoms in total. The Balaban J connectivity index is 1.45. The lowest BCUT2D eigenvalue weighted by Gasteiger charge is -2.17. The van der Waals surface area contributed by atoms with Gasteiger partial charge in [-0.15, -0.1) is 10.2 Å². The monoisotopic (exact) mass is 493 g/mol. The number of likely N-dealkylation sites (N-methyl/N-ethyl adjacent to an activating group) is 1. The molecule has 0 unspecified atom stereocenters. The molecule has 35 heavy (non-hydrogen) atoms. The van der Waals surface area contributed by atoms with E-state index in [0.29, 0.717) is 22.2 Å². The molecule has 4 rings (SSSR count). The third kappa shape index (κ3) is 6.14. The zero-order chi connectivity index (χ0) is 24.6. The smallest absolute Gasteiger partial charge is 0.234 e. The molecule has 0 spiro atoms. The average Bonchev–Trinajstić information content (AvgIpc) is 3.51. The van der Waals surface area contributed by atoms with Crippen molar-refractivity contribution in [3.05, 3.63) is 72.8 Å². The summed E-state index contributed by atoms with van der Waals surface area (Å²) < 4.78 is 18.1. The van der Waals surface area contributed by atoms with Gasteiger partial charge in [-0.25, -0.2) is 4.39 Å². The Morgan fingerprint density at radius 3 is 2.54 bits per heavy atom. The van der Waals surface area contributed by atoms with Crippen LogP contribution in [0.2, 0.25) is 0 Å². The number of nitrogens with zero attached hydrogens (tertiary/aromatic N) is 6. The van der Waals surface area contributed by atoms with Crippen LogP contribution < -0.4 is 5.32 Å². The Hall–Kier alpha value is -3.50. The summed E-state index contributed by atoms with van der Waals surface area (Å²) >= 11 is 1.24. The summed E-state index contributed by atoms with van der Waals surface area (Å²) in [6.45, 7) is 7.90. The number of amides is 1. The van der Waals surface area contributed by atoms with Crippen LogP contribution in [0.5, 0.6) is 0 Å². The van der Waals surface area contributed by atoms with Gasteiger partial charge in [0.05, 0.1) is 29.7 Å². The molecule has 4 aromatic rings. The number of para-hydroxylation sites is 1. The maximum absolute atomic E-state index is 14.5. The van der Waals surface area contributed by atoms with Crippen LogP contribution in [0.15, 0.2) is 72.1 Å². The van der Waals surface area contributed by atoms with Gasteiger partial charge < -0.3 is 10.2 Å². The second kappa shape index (κ2) is 11.8. The van der Waals surface area contributed by atoms with Crippen molar-refractivity contribution in [3.63, 3.8) is 0 Å². The number of hydrogen-bond donors (Lipinski definition) is 1. The fourth-order valence-corrected chi connectivity index (χ4v) is 4.40. The van der Waals surface area contributed by atoms with E-state index in [2.05, 4.69) is 39.4 Å². The molecule has 0 bridgehead atoms. The topological polar surface area (TPSA) is 80.9 Å². The van der Waals surface area contributed by atoms with Gasteiger partial charge in [-0.1, -0.05) is 55.9 Å². The number of rotatable bonds is 11. The van der Waals surface area contributed by atoms with Crippen LogP contribution >= 0.6 is 11.8 Å². The molecule has 1 amide bonds. The van der Waals surface area contributed by atoms with E-state index in [-0.39, 0.29) is 17.5 Å². The fourth-order valence-electron chi connectivity index (χ4n) is 3.65. The summed E-state index contributed by atoms with van der Waals surface area (Å²) in [7, 11) is 0. The lowest BCUT2D eigenvalue weighted by molar-refractivity contribution is -0.113. The molecule has 2 aromatic heterocycles. The van der Waals surface area contributed by atoms with Crippen LogP contribution in [-0.2, 0) is 11.3 Å². The number of benzene rings is 2. The van der Waals surface area contributed by atoms with Gasteiger partial charge in [-0.2, -0.15) is 5.10 Å². The predicted octanol–water partition coefficient (Wildman–Crippen LogP) is 4.34. The molecule has 2 heterocycles. The highest BCUT2D eigenvalue weighted by atomic mass is 32.2. The maximum atomic E-state index is 14.5. The van der Waals surface area contributed by atoms with Gasteiger partial charge >= 0.3 is 0 Å². The molecular formula is C25H28FN7OS. The molecular weight excluding hydrogens is 465 g/mol. The van der Waals surface area contributed by atoms with E-state index in [0.717, 1.165) is 31.9 Å². The number of nitrogens with one attached hydrogen (secondary N) is 1. The van der Waals surface area contributed by atoms with Gasteiger partial charge in [0, 0.05) is 18.4 Å². The van der Waals surface area contributed by atoms with Crippen molar-refractivity contribution in [1.29, 1.82) is 0 Å². The molecule has 2 aromatic carbocycles. The minimum absolute atomic E-state index is 0.118. The number of hydrogen-bond acceptors (Lipinski definition) is 6. The van der Waals surface area contributed by atoms with E-state index in [1.165, 1.54) is 17.8 Å². The highest BCUT2D eigenvalue weighted by molar-refractivity contribution is 7.99. The van der Waals surface area contributed by atoms with Crippen molar-refractivity contribution in [1.82, 2.24) is 29.4 Å². The second-order valence-electron chi connectivity index (χ2n) is 7.81. The lowest BCUT2D eigenvalue weighted by atomic mass is 10.2. The van der Waals surface area contributed by atoms with Crippen LogP contribution in [0.3, 0.4) is 0 Å². The zero-order valence-electron chi connectivity index (χ0n) is 19.8. The van der Waals surface area contributed by atoms with Gasteiger partial charge in [-0.3, -0.25) is 14.0 Å². The molecule has 0 aliphatic heterocycles. The zero-order valence-corrected chi connectivity index (χ0v) is 20.6. The highest BCUT2D eigenvalue weighted by Crippen LogP contribution is 2.29. The number of carbonyl (C=O) groups excluding carboxylic acids is 1. The molecule has 0 atom stereocenters. The minimum Gasteiger partial charge on any atom is -0.323 e. The van der Waals surface area contributed by atoms with Crippen LogP contribution in [-0.4, -0.2) is 60.7 Å². The molecule has 10 heteroatoms. The fraction of sp³-hybridized carbons (Fsp3) is 0.280. The quantitative estimate of drug-likeness (QED) is 0.313. The first-order valence-corrected chi connectivity index (χ1v) is 12.5. The number of aromatic nitrogens is 5. The van der Waals surface area contributed by atoms with Gasteiger partial charge in [0.15, 0.2) is 11.0 Å². The van der Waals surface area contributed by atoms with E-state index in [1.54, 1.807) is 29.0 Å². The SMILES string of the molecule is CCN(CC)CCn1cc(NC(=O)CSc2nnc(-c3ccccc3F)n2-c2ccccc2)cn1. The first-order chi connectivity index (χ1) is 17.1. The summed E-state index contributed by atoms with van der Waals surface area (Å²) in [6.07, 6.45) is 3.47. The third-order valence-corrected chi connectivity index (χ3v) is 6.48. The average molecular weight is 494 g/mol.